The Morgan fingerprint density at radius 2 is 1.81 bits per heavy atom. The molecule has 5 N–H and O–H groups in total. The average Bonchev–Trinajstić information content (AvgIpc) is 2.50. The van der Waals surface area contributed by atoms with Crippen LogP contribution in [0.5, 0.6) is 0 Å². The maximum Gasteiger partial charge on any atom is 0.238 e. The second-order valence-electron chi connectivity index (χ2n) is 4.53. The molecule has 0 saturated carbocycles. The Morgan fingerprint density at radius 1 is 1.14 bits per heavy atom. The maximum absolute atomic E-state index is 11.2. The van der Waals surface area contributed by atoms with E-state index >= 15 is 0 Å². The third kappa shape index (κ3) is 4.67. The minimum atomic E-state index is -0.200. The first-order valence-corrected chi connectivity index (χ1v) is 7.70. The minimum Gasteiger partial charge on any atom is -0.398 e. The number of carbonyl (C=O) groups excluding carboxylic acids is 1. The van der Waals surface area contributed by atoms with Crippen LogP contribution in [-0.4, -0.2) is 5.91 Å². The van der Waals surface area contributed by atoms with Crippen LogP contribution < -0.4 is 17.0 Å². The lowest BCUT2D eigenvalue weighted by Gasteiger charge is -2.05. The number of thioether (sulfide) groups is 1. The van der Waals surface area contributed by atoms with Crippen LogP contribution >= 0.6 is 23.4 Å². The highest BCUT2D eigenvalue weighted by Crippen LogP contribution is 2.28. The minimum absolute atomic E-state index is 0.200. The molecular weight excluding hydrogens is 306 g/mol. The number of halogens is 1. The quantitative estimate of drug-likeness (QED) is 0.260. The summed E-state index contributed by atoms with van der Waals surface area (Å²) in [6, 6.07) is 13.5. The lowest BCUT2D eigenvalue weighted by atomic mass is 10.1. The van der Waals surface area contributed by atoms with Gasteiger partial charge in [-0.05, 0) is 29.3 Å². The summed E-state index contributed by atoms with van der Waals surface area (Å²) in [6.07, 6.45) is 0.289. The smallest absolute Gasteiger partial charge is 0.238 e. The highest BCUT2D eigenvalue weighted by molar-refractivity contribution is 7.98. The molecule has 2 aromatic rings. The Kier molecular flexibility index (Phi) is 5.50. The Balaban J connectivity index is 1.94. The molecule has 21 heavy (non-hydrogen) atoms. The number of anilines is 1. The van der Waals surface area contributed by atoms with Gasteiger partial charge in [0.05, 0.1) is 17.1 Å². The number of carbonyl (C=O) groups is 1. The van der Waals surface area contributed by atoms with Crippen LogP contribution in [0, 0.1) is 0 Å². The van der Waals surface area contributed by atoms with Crippen molar-refractivity contribution in [2.75, 3.05) is 5.73 Å². The van der Waals surface area contributed by atoms with E-state index in [1.165, 1.54) is 5.56 Å². The first-order chi connectivity index (χ1) is 10.1. The first-order valence-electron chi connectivity index (χ1n) is 6.33. The third-order valence-electron chi connectivity index (χ3n) is 2.93. The van der Waals surface area contributed by atoms with Crippen molar-refractivity contribution in [1.29, 1.82) is 0 Å². The van der Waals surface area contributed by atoms with Gasteiger partial charge in [-0.3, -0.25) is 10.2 Å². The van der Waals surface area contributed by atoms with Crippen LogP contribution in [0.3, 0.4) is 0 Å². The molecule has 0 aliphatic heterocycles. The SMILES string of the molecule is NNC(=O)Cc1ccc(CSc2ccc(N)c(Cl)c2)cc1. The molecule has 0 bridgehead atoms. The zero-order valence-corrected chi connectivity index (χ0v) is 12.9. The van der Waals surface area contributed by atoms with Crippen molar-refractivity contribution in [1.82, 2.24) is 5.43 Å². The fraction of sp³-hybridized carbons (Fsp3) is 0.133. The molecule has 4 nitrogen and oxygen atoms in total. The number of hydrogen-bond acceptors (Lipinski definition) is 4. The van der Waals surface area contributed by atoms with Crippen LogP contribution in [0.4, 0.5) is 5.69 Å². The van der Waals surface area contributed by atoms with Crippen LogP contribution in [0.15, 0.2) is 47.4 Å². The predicted octanol–water partition coefficient (Wildman–Crippen LogP) is 2.75. The second kappa shape index (κ2) is 7.36. The molecule has 0 heterocycles. The normalized spacial score (nSPS) is 10.4. The number of hydrogen-bond donors (Lipinski definition) is 3. The van der Waals surface area contributed by atoms with Crippen LogP contribution in [-0.2, 0) is 17.0 Å². The van der Waals surface area contributed by atoms with E-state index < -0.39 is 0 Å². The molecule has 0 aliphatic carbocycles. The molecule has 0 atom stereocenters. The molecule has 1 amide bonds. The van der Waals surface area contributed by atoms with Crippen LogP contribution in [0.25, 0.3) is 0 Å². The van der Waals surface area contributed by atoms with Gasteiger partial charge in [-0.25, -0.2) is 5.84 Å². The summed E-state index contributed by atoms with van der Waals surface area (Å²) in [6.45, 7) is 0. The van der Waals surface area contributed by atoms with Gasteiger partial charge in [0.2, 0.25) is 5.91 Å². The number of benzene rings is 2. The zero-order valence-electron chi connectivity index (χ0n) is 11.3. The van der Waals surface area contributed by atoms with Gasteiger partial charge in [0.1, 0.15) is 0 Å². The van der Waals surface area contributed by atoms with Gasteiger partial charge >= 0.3 is 0 Å². The number of nitrogens with one attached hydrogen (secondary N) is 1. The van der Waals surface area contributed by atoms with E-state index in [1.54, 1.807) is 17.8 Å². The average molecular weight is 322 g/mol. The van der Waals surface area contributed by atoms with Gasteiger partial charge in [-0.1, -0.05) is 35.9 Å². The lowest BCUT2D eigenvalue weighted by molar-refractivity contribution is -0.120. The molecule has 2 rings (SSSR count). The molecule has 0 radical (unpaired) electrons. The van der Waals surface area contributed by atoms with E-state index in [9.17, 15) is 4.79 Å². The molecule has 6 heteroatoms. The van der Waals surface area contributed by atoms with E-state index in [4.69, 9.17) is 23.2 Å². The number of nitrogens with two attached hydrogens (primary N) is 2. The fourth-order valence-corrected chi connectivity index (χ4v) is 2.89. The molecule has 2 aromatic carbocycles. The van der Waals surface area contributed by atoms with Crippen molar-refractivity contribution in [3.63, 3.8) is 0 Å². The van der Waals surface area contributed by atoms with Crippen molar-refractivity contribution in [3.8, 4) is 0 Å². The van der Waals surface area contributed by atoms with Gasteiger partial charge < -0.3 is 5.73 Å². The van der Waals surface area contributed by atoms with Crippen LogP contribution in [0.2, 0.25) is 5.02 Å². The van der Waals surface area contributed by atoms with E-state index in [2.05, 4.69) is 5.43 Å². The number of amides is 1. The molecule has 0 fully saturated rings. The van der Waals surface area contributed by atoms with E-state index in [-0.39, 0.29) is 12.3 Å². The second-order valence-corrected chi connectivity index (χ2v) is 5.99. The summed E-state index contributed by atoms with van der Waals surface area (Å²) in [4.78, 5) is 12.2. The monoisotopic (exact) mass is 321 g/mol. The maximum atomic E-state index is 11.2. The molecule has 110 valence electrons. The van der Waals surface area contributed by atoms with E-state index in [0.717, 1.165) is 16.2 Å². The zero-order chi connectivity index (χ0) is 15.2. The van der Waals surface area contributed by atoms with E-state index in [0.29, 0.717) is 10.7 Å². The number of nitrogen functional groups attached to an aromatic ring is 1. The van der Waals surface area contributed by atoms with Gasteiger partial charge in [-0.2, -0.15) is 0 Å². The molecular formula is C15H16ClN3OS. The van der Waals surface area contributed by atoms with Crippen molar-refractivity contribution >= 4 is 35.0 Å². The first kappa shape index (κ1) is 15.7. The predicted molar refractivity (Wildman–Crippen MR) is 87.9 cm³/mol. The van der Waals surface area contributed by atoms with Crippen molar-refractivity contribution in [2.24, 2.45) is 5.84 Å². The Labute approximate surface area is 132 Å². The topological polar surface area (TPSA) is 81.1 Å². The summed E-state index contributed by atoms with van der Waals surface area (Å²) in [5.41, 5.74) is 10.5. The Bertz CT molecular complexity index is 631. The largest absolute Gasteiger partial charge is 0.398 e. The van der Waals surface area contributed by atoms with Crippen molar-refractivity contribution < 1.29 is 4.79 Å². The number of rotatable bonds is 5. The standard InChI is InChI=1S/C15H16ClN3OS/c16-13-8-12(5-6-14(13)17)21-9-11-3-1-10(2-4-11)7-15(20)19-18/h1-6,8H,7,9,17-18H2,(H,19,20). The van der Waals surface area contributed by atoms with Crippen molar-refractivity contribution in [3.05, 3.63) is 58.6 Å². The van der Waals surface area contributed by atoms with Gasteiger partial charge in [0, 0.05) is 10.6 Å². The molecule has 0 aliphatic rings. The molecule has 0 saturated heterocycles. The summed E-state index contributed by atoms with van der Waals surface area (Å²) in [7, 11) is 0. The number of hydrazine groups is 1. The van der Waals surface area contributed by atoms with Gasteiger partial charge in [0.15, 0.2) is 0 Å². The summed E-state index contributed by atoms with van der Waals surface area (Å²) in [5.74, 6) is 5.68. The Hall–Kier alpha value is -1.69. The molecule has 0 unspecified atom stereocenters. The summed E-state index contributed by atoms with van der Waals surface area (Å²) < 4.78 is 0. The highest BCUT2D eigenvalue weighted by Gasteiger charge is 2.03. The van der Waals surface area contributed by atoms with E-state index in [1.807, 2.05) is 36.4 Å². The molecule has 0 spiro atoms. The van der Waals surface area contributed by atoms with Gasteiger partial charge in [-0.15, -0.1) is 11.8 Å². The van der Waals surface area contributed by atoms with Gasteiger partial charge in [0.25, 0.3) is 0 Å². The fourth-order valence-electron chi connectivity index (χ4n) is 1.75. The summed E-state index contributed by atoms with van der Waals surface area (Å²) in [5, 5.41) is 0.572. The summed E-state index contributed by atoms with van der Waals surface area (Å²) >= 11 is 7.67. The highest BCUT2D eigenvalue weighted by atomic mass is 35.5. The third-order valence-corrected chi connectivity index (χ3v) is 4.32. The molecule has 0 aromatic heterocycles. The lowest BCUT2D eigenvalue weighted by Crippen LogP contribution is -2.31. The Morgan fingerprint density at radius 3 is 2.43 bits per heavy atom. The van der Waals surface area contributed by atoms with Crippen molar-refractivity contribution in [2.45, 2.75) is 17.1 Å². The van der Waals surface area contributed by atoms with Crippen LogP contribution in [0.1, 0.15) is 11.1 Å².